The summed E-state index contributed by atoms with van der Waals surface area (Å²) in [6, 6.07) is 17.4. The quantitative estimate of drug-likeness (QED) is 0.612. The van der Waals surface area contributed by atoms with Gasteiger partial charge in [0.05, 0.1) is 0 Å². The molecular formula is C20H22OSe. The molecule has 0 unspecified atom stereocenters. The number of fused-ring (bicyclic) bond motifs is 1. The third-order valence-corrected chi connectivity index (χ3v) is 7.36. The molecule has 114 valence electrons. The van der Waals surface area contributed by atoms with E-state index in [0.29, 0.717) is 14.5 Å². The molecule has 0 fully saturated rings. The molecule has 3 rings (SSSR count). The van der Waals surface area contributed by atoms with E-state index in [0.717, 1.165) is 12.2 Å². The Morgan fingerprint density at radius 1 is 0.955 bits per heavy atom. The Morgan fingerprint density at radius 2 is 1.64 bits per heavy atom. The molecule has 0 atom stereocenters. The van der Waals surface area contributed by atoms with Gasteiger partial charge in [-0.3, -0.25) is 0 Å². The van der Waals surface area contributed by atoms with E-state index in [2.05, 4.69) is 69.3 Å². The van der Waals surface area contributed by atoms with Crippen LogP contribution in [0.3, 0.4) is 0 Å². The zero-order valence-corrected chi connectivity index (χ0v) is 15.4. The van der Waals surface area contributed by atoms with Gasteiger partial charge in [-0.2, -0.15) is 0 Å². The number of rotatable bonds is 3. The van der Waals surface area contributed by atoms with Gasteiger partial charge in [-0.25, -0.2) is 0 Å². The van der Waals surface area contributed by atoms with Gasteiger partial charge in [0.15, 0.2) is 0 Å². The molecule has 1 aromatic heterocycles. The SMILES string of the molecule is COc1ccc(Cc2c(C(C)(C)C)[se]c3ccccc23)cc1. The van der Waals surface area contributed by atoms with Gasteiger partial charge < -0.3 is 0 Å². The molecule has 22 heavy (non-hydrogen) atoms. The number of benzene rings is 2. The van der Waals surface area contributed by atoms with Crippen LogP contribution >= 0.6 is 0 Å². The Morgan fingerprint density at radius 3 is 2.27 bits per heavy atom. The summed E-state index contributed by atoms with van der Waals surface area (Å²) in [5.41, 5.74) is 3.12. The van der Waals surface area contributed by atoms with Gasteiger partial charge in [-0.05, 0) is 0 Å². The summed E-state index contributed by atoms with van der Waals surface area (Å²) in [5, 5.41) is 1.46. The fourth-order valence-electron chi connectivity index (χ4n) is 2.83. The van der Waals surface area contributed by atoms with Crippen molar-refractivity contribution >= 4 is 24.1 Å². The molecule has 1 nitrogen and oxygen atoms in total. The normalized spacial score (nSPS) is 11.8. The van der Waals surface area contributed by atoms with E-state index in [9.17, 15) is 0 Å². The van der Waals surface area contributed by atoms with Crippen molar-refractivity contribution in [3.63, 3.8) is 0 Å². The first-order valence-electron chi connectivity index (χ1n) is 7.63. The summed E-state index contributed by atoms with van der Waals surface area (Å²) in [7, 11) is 1.71. The van der Waals surface area contributed by atoms with E-state index in [1.54, 1.807) is 11.5 Å². The van der Waals surface area contributed by atoms with E-state index >= 15 is 0 Å². The van der Waals surface area contributed by atoms with Gasteiger partial charge >= 0.3 is 138 Å². The molecule has 0 aliphatic heterocycles. The molecule has 0 aliphatic carbocycles. The van der Waals surface area contributed by atoms with Gasteiger partial charge in [0.2, 0.25) is 0 Å². The van der Waals surface area contributed by atoms with Crippen molar-refractivity contribution in [1.29, 1.82) is 0 Å². The van der Waals surface area contributed by atoms with Crippen LogP contribution in [0, 0.1) is 0 Å². The van der Waals surface area contributed by atoms with Crippen LogP contribution in [0.1, 0.15) is 36.3 Å². The maximum atomic E-state index is 5.26. The van der Waals surface area contributed by atoms with E-state index < -0.39 is 0 Å². The fraction of sp³-hybridized carbons (Fsp3) is 0.300. The topological polar surface area (TPSA) is 9.23 Å². The molecule has 2 aromatic carbocycles. The molecule has 0 bridgehead atoms. The Labute approximate surface area is 138 Å². The van der Waals surface area contributed by atoms with E-state index in [1.807, 2.05) is 0 Å². The molecular weight excluding hydrogens is 335 g/mol. The first-order valence-corrected chi connectivity index (χ1v) is 9.34. The summed E-state index contributed by atoms with van der Waals surface area (Å²) in [5.74, 6) is 0.921. The van der Waals surface area contributed by atoms with Crippen molar-refractivity contribution in [2.24, 2.45) is 0 Å². The molecule has 0 aliphatic rings. The molecule has 1 heterocycles. The minimum atomic E-state index is 0.237. The zero-order valence-electron chi connectivity index (χ0n) is 13.6. The molecule has 0 amide bonds. The monoisotopic (exact) mass is 358 g/mol. The third kappa shape index (κ3) is 2.99. The Kier molecular flexibility index (Phi) is 4.16. The van der Waals surface area contributed by atoms with E-state index in [1.165, 1.54) is 20.8 Å². The summed E-state index contributed by atoms with van der Waals surface area (Å²) >= 11 is 0.455. The zero-order chi connectivity index (χ0) is 15.7. The molecule has 3 aromatic rings. The van der Waals surface area contributed by atoms with Crippen LogP contribution in [-0.4, -0.2) is 21.6 Å². The first kappa shape index (κ1) is 15.4. The molecule has 0 saturated carbocycles. The van der Waals surface area contributed by atoms with Crippen LogP contribution in [0.15, 0.2) is 48.5 Å². The molecule has 0 N–H and O–H groups in total. The summed E-state index contributed by atoms with van der Waals surface area (Å²) in [6.07, 6.45) is 1.01. The van der Waals surface area contributed by atoms with E-state index in [-0.39, 0.29) is 5.41 Å². The second-order valence-corrected chi connectivity index (χ2v) is 8.89. The number of methoxy groups -OCH3 is 1. The van der Waals surface area contributed by atoms with Crippen LogP contribution < -0.4 is 4.74 Å². The van der Waals surface area contributed by atoms with E-state index in [4.69, 9.17) is 4.74 Å². The van der Waals surface area contributed by atoms with Crippen molar-refractivity contribution in [1.82, 2.24) is 0 Å². The molecule has 2 heteroatoms. The fourth-order valence-corrected chi connectivity index (χ4v) is 5.51. The van der Waals surface area contributed by atoms with Gasteiger partial charge in [0.25, 0.3) is 0 Å². The predicted octanol–water partition coefficient (Wildman–Crippen LogP) is 4.79. The average molecular weight is 357 g/mol. The summed E-state index contributed by atoms with van der Waals surface area (Å²) < 4.78 is 8.43. The predicted molar refractivity (Wildman–Crippen MR) is 95.4 cm³/mol. The number of ether oxygens (including phenoxy) is 1. The van der Waals surface area contributed by atoms with Gasteiger partial charge in [-0.15, -0.1) is 0 Å². The van der Waals surface area contributed by atoms with Crippen molar-refractivity contribution in [3.8, 4) is 5.75 Å². The van der Waals surface area contributed by atoms with Crippen LogP contribution in [0.25, 0.3) is 9.65 Å². The maximum absolute atomic E-state index is 5.26. The van der Waals surface area contributed by atoms with Crippen LogP contribution in [0.2, 0.25) is 0 Å². The second kappa shape index (κ2) is 5.95. The molecule has 0 saturated heterocycles. The summed E-state index contributed by atoms with van der Waals surface area (Å²) in [4.78, 5) is 0. The van der Waals surface area contributed by atoms with Crippen molar-refractivity contribution in [3.05, 3.63) is 64.1 Å². The summed E-state index contributed by atoms with van der Waals surface area (Å²) in [6.45, 7) is 7.01. The standard InChI is InChI=1S/C20H22OSe/c1-20(2,3)19-17(16-7-5-6-8-18(16)22-19)13-14-9-11-15(21-4)12-10-14/h5-12H,13H2,1-4H3. The van der Waals surface area contributed by atoms with Crippen molar-refractivity contribution in [2.75, 3.05) is 7.11 Å². The van der Waals surface area contributed by atoms with Gasteiger partial charge in [-0.1, -0.05) is 0 Å². The number of hydrogen-bond donors (Lipinski definition) is 0. The van der Waals surface area contributed by atoms with Gasteiger partial charge in [0, 0.05) is 0 Å². The second-order valence-electron chi connectivity index (χ2n) is 6.68. The molecule has 0 radical (unpaired) electrons. The van der Waals surface area contributed by atoms with Crippen LogP contribution in [0.4, 0.5) is 0 Å². The minimum absolute atomic E-state index is 0.237. The Balaban J connectivity index is 2.07. The Hall–Kier alpha value is -1.50. The first-order chi connectivity index (χ1) is 10.5. The van der Waals surface area contributed by atoms with Gasteiger partial charge in [0.1, 0.15) is 0 Å². The van der Waals surface area contributed by atoms with Crippen molar-refractivity contribution in [2.45, 2.75) is 32.6 Å². The molecule has 0 spiro atoms. The third-order valence-electron chi connectivity index (χ3n) is 3.92. The average Bonchev–Trinajstić information content (AvgIpc) is 2.87. The Bertz CT molecular complexity index is 776. The van der Waals surface area contributed by atoms with Crippen molar-refractivity contribution < 1.29 is 4.74 Å². The van der Waals surface area contributed by atoms with Crippen LogP contribution in [0.5, 0.6) is 5.75 Å². The number of hydrogen-bond acceptors (Lipinski definition) is 1. The van der Waals surface area contributed by atoms with Crippen LogP contribution in [-0.2, 0) is 11.8 Å².